The maximum absolute atomic E-state index is 11.7. The molecule has 1 aromatic heterocycles. The van der Waals surface area contributed by atoms with Gasteiger partial charge in [0.2, 0.25) is 0 Å². The summed E-state index contributed by atoms with van der Waals surface area (Å²) in [7, 11) is 1.20. The van der Waals surface area contributed by atoms with E-state index >= 15 is 0 Å². The predicted octanol–water partition coefficient (Wildman–Crippen LogP) is 3.03. The van der Waals surface area contributed by atoms with Crippen molar-refractivity contribution in [2.24, 2.45) is 5.10 Å². The van der Waals surface area contributed by atoms with E-state index in [4.69, 9.17) is 27.9 Å². The number of hydrogen-bond acceptors (Lipinski definition) is 6. The number of hydrazone groups is 1. The SMILES string of the molecule is COC(=O)c1c(/C=N\NC(=O)OC(C)(C)C)cc(Cl)nc1Cl. The standard InChI is InChI=1S/C13H15Cl2N3O4/c1-13(2,3)22-12(20)18-16-6-7-5-8(14)17-10(15)9(7)11(19)21-4/h5-6H,1-4H3,(H,18,20)/b16-6-. The van der Waals surface area contributed by atoms with Crippen LogP contribution >= 0.6 is 23.2 Å². The van der Waals surface area contributed by atoms with Crippen molar-refractivity contribution >= 4 is 41.5 Å². The number of amides is 1. The Morgan fingerprint density at radius 1 is 1.36 bits per heavy atom. The maximum Gasteiger partial charge on any atom is 0.428 e. The molecule has 9 heteroatoms. The number of halogens is 2. The summed E-state index contributed by atoms with van der Waals surface area (Å²) in [5.41, 5.74) is 1.74. The van der Waals surface area contributed by atoms with Gasteiger partial charge in [-0.05, 0) is 26.8 Å². The van der Waals surface area contributed by atoms with Crippen LogP contribution in [0.4, 0.5) is 4.79 Å². The van der Waals surface area contributed by atoms with Gasteiger partial charge in [0, 0.05) is 5.56 Å². The minimum Gasteiger partial charge on any atom is -0.465 e. The largest absolute Gasteiger partial charge is 0.465 e. The number of methoxy groups -OCH3 is 1. The second kappa shape index (κ2) is 7.42. The highest BCUT2D eigenvalue weighted by Crippen LogP contribution is 2.21. The van der Waals surface area contributed by atoms with E-state index in [1.165, 1.54) is 19.4 Å². The molecule has 0 radical (unpaired) electrons. The van der Waals surface area contributed by atoms with Crippen LogP contribution < -0.4 is 5.43 Å². The van der Waals surface area contributed by atoms with Gasteiger partial charge in [0.15, 0.2) is 0 Å². The fourth-order valence-electron chi connectivity index (χ4n) is 1.36. The number of nitrogens with one attached hydrogen (secondary N) is 1. The first-order chi connectivity index (χ1) is 10.1. The number of carbonyl (C=O) groups is 2. The van der Waals surface area contributed by atoms with Crippen molar-refractivity contribution in [3.05, 3.63) is 27.5 Å². The molecule has 0 spiro atoms. The van der Waals surface area contributed by atoms with E-state index in [-0.39, 0.29) is 21.4 Å². The highest BCUT2D eigenvalue weighted by Gasteiger charge is 2.18. The van der Waals surface area contributed by atoms with Gasteiger partial charge < -0.3 is 9.47 Å². The fraction of sp³-hybridized carbons (Fsp3) is 0.385. The molecule has 22 heavy (non-hydrogen) atoms. The summed E-state index contributed by atoms with van der Waals surface area (Å²) in [6, 6.07) is 1.36. The first-order valence-corrected chi connectivity index (χ1v) is 6.86. The Balaban J connectivity index is 2.95. The van der Waals surface area contributed by atoms with Crippen LogP contribution in [-0.4, -0.2) is 36.0 Å². The van der Waals surface area contributed by atoms with Crippen molar-refractivity contribution in [3.8, 4) is 0 Å². The lowest BCUT2D eigenvalue weighted by molar-refractivity contribution is 0.0528. The second-order valence-corrected chi connectivity index (χ2v) is 5.81. The summed E-state index contributed by atoms with van der Waals surface area (Å²) in [5.74, 6) is -0.701. The van der Waals surface area contributed by atoms with Gasteiger partial charge in [0.25, 0.3) is 0 Å². The van der Waals surface area contributed by atoms with Crippen molar-refractivity contribution < 1.29 is 19.1 Å². The molecule has 1 amide bonds. The Labute approximate surface area is 137 Å². The third-order valence-electron chi connectivity index (χ3n) is 2.12. The van der Waals surface area contributed by atoms with E-state index in [0.717, 1.165) is 0 Å². The van der Waals surface area contributed by atoms with Crippen molar-refractivity contribution in [1.29, 1.82) is 0 Å². The number of rotatable bonds is 3. The molecule has 1 N–H and O–H groups in total. The van der Waals surface area contributed by atoms with Gasteiger partial charge in [-0.2, -0.15) is 5.10 Å². The van der Waals surface area contributed by atoms with Crippen LogP contribution in [0.3, 0.4) is 0 Å². The zero-order chi connectivity index (χ0) is 16.9. The summed E-state index contributed by atoms with van der Waals surface area (Å²) in [6.07, 6.45) is 0.449. The summed E-state index contributed by atoms with van der Waals surface area (Å²) in [6.45, 7) is 5.15. The Bertz CT molecular complexity index is 612. The maximum atomic E-state index is 11.7. The molecule has 7 nitrogen and oxygen atoms in total. The van der Waals surface area contributed by atoms with Crippen LogP contribution in [0.1, 0.15) is 36.7 Å². The van der Waals surface area contributed by atoms with E-state index in [9.17, 15) is 9.59 Å². The molecular weight excluding hydrogens is 333 g/mol. The molecule has 0 unspecified atom stereocenters. The fourth-order valence-corrected chi connectivity index (χ4v) is 1.89. The Morgan fingerprint density at radius 2 is 2.00 bits per heavy atom. The number of aromatic nitrogens is 1. The number of hydrogen-bond donors (Lipinski definition) is 1. The number of esters is 1. The van der Waals surface area contributed by atoms with E-state index in [1.54, 1.807) is 20.8 Å². The van der Waals surface area contributed by atoms with Crippen LogP contribution in [0.15, 0.2) is 11.2 Å². The summed E-state index contributed by atoms with van der Waals surface area (Å²) < 4.78 is 9.61. The zero-order valence-electron chi connectivity index (χ0n) is 12.4. The number of ether oxygens (including phenoxy) is 2. The van der Waals surface area contributed by atoms with Gasteiger partial charge in [-0.1, -0.05) is 23.2 Å². The molecule has 0 aliphatic carbocycles. The van der Waals surface area contributed by atoms with Crippen LogP contribution in [0.25, 0.3) is 0 Å². The molecule has 1 heterocycles. The topological polar surface area (TPSA) is 89.9 Å². The highest BCUT2D eigenvalue weighted by atomic mass is 35.5. The predicted molar refractivity (Wildman–Crippen MR) is 82.6 cm³/mol. The molecule has 0 fully saturated rings. The van der Waals surface area contributed by atoms with Gasteiger partial charge in [0.05, 0.1) is 13.3 Å². The van der Waals surface area contributed by atoms with Crippen molar-refractivity contribution in [2.75, 3.05) is 7.11 Å². The van der Waals surface area contributed by atoms with E-state index in [1.807, 2.05) is 0 Å². The normalized spacial score (nSPS) is 11.4. The van der Waals surface area contributed by atoms with Gasteiger partial charge in [-0.15, -0.1) is 0 Å². The first kappa shape index (κ1) is 18.2. The third-order valence-corrected chi connectivity index (χ3v) is 2.59. The molecule has 0 aliphatic rings. The average Bonchev–Trinajstić information content (AvgIpc) is 2.35. The Kier molecular flexibility index (Phi) is 6.13. The minimum atomic E-state index is -0.741. The lowest BCUT2D eigenvalue weighted by atomic mass is 10.1. The lowest BCUT2D eigenvalue weighted by Crippen LogP contribution is -2.29. The van der Waals surface area contributed by atoms with Crippen LogP contribution in [0.2, 0.25) is 10.3 Å². The molecular formula is C13H15Cl2N3O4. The van der Waals surface area contributed by atoms with Gasteiger partial charge in [-0.25, -0.2) is 20.0 Å². The molecule has 0 saturated heterocycles. The monoisotopic (exact) mass is 347 g/mol. The highest BCUT2D eigenvalue weighted by molar-refractivity contribution is 6.35. The molecule has 0 aromatic carbocycles. The Hall–Kier alpha value is -1.86. The molecule has 1 aromatic rings. The first-order valence-electron chi connectivity index (χ1n) is 6.10. The van der Waals surface area contributed by atoms with Crippen molar-refractivity contribution in [3.63, 3.8) is 0 Å². The zero-order valence-corrected chi connectivity index (χ0v) is 13.9. The third kappa shape index (κ3) is 5.50. The van der Waals surface area contributed by atoms with Crippen LogP contribution in [0, 0.1) is 0 Å². The van der Waals surface area contributed by atoms with Crippen LogP contribution in [-0.2, 0) is 9.47 Å². The minimum absolute atomic E-state index is 0.0108. The molecule has 120 valence electrons. The van der Waals surface area contributed by atoms with Gasteiger partial charge in [-0.3, -0.25) is 0 Å². The van der Waals surface area contributed by atoms with Gasteiger partial charge in [0.1, 0.15) is 21.5 Å². The molecule has 0 saturated carbocycles. The molecule has 0 bridgehead atoms. The smallest absolute Gasteiger partial charge is 0.428 e. The summed E-state index contributed by atoms with van der Waals surface area (Å²) in [5, 5.41) is 3.62. The average molecular weight is 348 g/mol. The molecule has 0 aliphatic heterocycles. The quantitative estimate of drug-likeness (QED) is 0.392. The van der Waals surface area contributed by atoms with Gasteiger partial charge >= 0.3 is 12.1 Å². The van der Waals surface area contributed by atoms with E-state index < -0.39 is 17.7 Å². The van der Waals surface area contributed by atoms with Crippen molar-refractivity contribution in [2.45, 2.75) is 26.4 Å². The number of carbonyl (C=O) groups excluding carboxylic acids is 2. The molecule has 1 rings (SSSR count). The van der Waals surface area contributed by atoms with E-state index in [2.05, 4.69) is 20.2 Å². The number of nitrogens with zero attached hydrogens (tertiary/aromatic N) is 2. The number of pyridine rings is 1. The van der Waals surface area contributed by atoms with Crippen LogP contribution in [0.5, 0.6) is 0 Å². The lowest BCUT2D eigenvalue weighted by Gasteiger charge is -2.18. The second-order valence-electron chi connectivity index (χ2n) is 5.06. The summed E-state index contributed by atoms with van der Waals surface area (Å²) in [4.78, 5) is 26.9. The Morgan fingerprint density at radius 3 is 2.55 bits per heavy atom. The summed E-state index contributed by atoms with van der Waals surface area (Å²) >= 11 is 11.6. The molecule has 0 atom stereocenters. The van der Waals surface area contributed by atoms with Crippen molar-refractivity contribution in [1.82, 2.24) is 10.4 Å². The van der Waals surface area contributed by atoms with E-state index in [0.29, 0.717) is 0 Å².